The Morgan fingerprint density at radius 3 is 2.67 bits per heavy atom. The Hall–Kier alpha value is -1.95. The first-order chi connectivity index (χ1) is 10.1. The van der Waals surface area contributed by atoms with Crippen molar-refractivity contribution >= 4 is 29.0 Å². The molecule has 0 aromatic heterocycles. The molecule has 1 aromatic carbocycles. The van der Waals surface area contributed by atoms with Crippen LogP contribution in [-0.4, -0.2) is 34.9 Å². The molecule has 2 amide bonds. The summed E-state index contributed by atoms with van der Waals surface area (Å²) in [6.07, 6.45) is 2.19. The normalized spacial score (nSPS) is 15.1. The van der Waals surface area contributed by atoms with Gasteiger partial charge in [0.15, 0.2) is 0 Å². The molecule has 2 rings (SSSR count). The van der Waals surface area contributed by atoms with Crippen molar-refractivity contribution in [2.24, 2.45) is 5.73 Å². The van der Waals surface area contributed by atoms with Crippen LogP contribution in [0.4, 0.5) is 0 Å². The number of imide groups is 1. The largest absolute Gasteiger partial charge is 0.494 e. The van der Waals surface area contributed by atoms with Crippen molar-refractivity contribution in [3.63, 3.8) is 0 Å². The van der Waals surface area contributed by atoms with Crippen molar-refractivity contribution in [1.29, 1.82) is 0 Å². The van der Waals surface area contributed by atoms with Gasteiger partial charge in [0.1, 0.15) is 10.7 Å². The number of carbonyl (C=O) groups excluding carboxylic acids is 2. The van der Waals surface area contributed by atoms with Crippen molar-refractivity contribution in [3.8, 4) is 5.75 Å². The zero-order valence-electron chi connectivity index (χ0n) is 11.7. The number of piperidine rings is 1. The summed E-state index contributed by atoms with van der Waals surface area (Å²) in [6.45, 7) is 0.838. The molecule has 0 spiro atoms. The lowest BCUT2D eigenvalue weighted by molar-refractivity contribution is -0.148. The van der Waals surface area contributed by atoms with Crippen LogP contribution in [0.3, 0.4) is 0 Å². The molecule has 0 saturated carbocycles. The first-order valence-corrected chi connectivity index (χ1v) is 7.34. The van der Waals surface area contributed by atoms with Crippen LogP contribution in [0.5, 0.6) is 5.75 Å². The van der Waals surface area contributed by atoms with Crippen LogP contribution in [0, 0.1) is 0 Å². The smallest absolute Gasteiger partial charge is 0.229 e. The predicted molar refractivity (Wildman–Crippen MR) is 83.0 cm³/mol. The topological polar surface area (TPSA) is 72.6 Å². The first-order valence-electron chi connectivity index (χ1n) is 6.94. The second kappa shape index (κ2) is 7.17. The number of nitrogens with zero attached hydrogens (tertiary/aromatic N) is 1. The molecule has 1 saturated heterocycles. The van der Waals surface area contributed by atoms with Gasteiger partial charge in [-0.1, -0.05) is 24.4 Å². The highest BCUT2D eigenvalue weighted by Crippen LogP contribution is 2.15. The van der Waals surface area contributed by atoms with Crippen LogP contribution in [0.1, 0.15) is 31.2 Å². The van der Waals surface area contributed by atoms with Gasteiger partial charge in [-0.2, -0.15) is 0 Å². The van der Waals surface area contributed by atoms with Gasteiger partial charge in [-0.05, 0) is 25.0 Å². The Bertz CT molecular complexity index is 544. The average molecular weight is 306 g/mol. The van der Waals surface area contributed by atoms with Crippen LogP contribution < -0.4 is 10.5 Å². The van der Waals surface area contributed by atoms with Gasteiger partial charge in [0.25, 0.3) is 0 Å². The molecule has 0 unspecified atom stereocenters. The zero-order chi connectivity index (χ0) is 15.2. The zero-order valence-corrected chi connectivity index (χ0v) is 12.5. The second-order valence-electron chi connectivity index (χ2n) is 4.89. The third-order valence-electron chi connectivity index (χ3n) is 3.30. The molecular formula is C15H18N2O3S. The van der Waals surface area contributed by atoms with E-state index < -0.39 is 0 Å². The van der Waals surface area contributed by atoms with Crippen molar-refractivity contribution in [3.05, 3.63) is 29.8 Å². The highest BCUT2D eigenvalue weighted by Gasteiger charge is 2.24. The molecule has 1 aliphatic heterocycles. The Labute approximate surface area is 129 Å². The van der Waals surface area contributed by atoms with E-state index in [9.17, 15) is 9.59 Å². The van der Waals surface area contributed by atoms with E-state index in [2.05, 4.69) is 0 Å². The van der Waals surface area contributed by atoms with Crippen molar-refractivity contribution < 1.29 is 14.3 Å². The number of thiocarbonyl (C=S) groups is 1. The second-order valence-corrected chi connectivity index (χ2v) is 5.33. The standard InChI is InChI=1S/C15H18N2O3S/c16-15(21)11-4-1-5-12(10-11)20-9-3-8-17-13(18)6-2-7-14(17)19/h1,4-5,10H,2-3,6-9H2,(H2,16,21). The lowest BCUT2D eigenvalue weighted by Gasteiger charge is -2.24. The van der Waals surface area contributed by atoms with Gasteiger partial charge < -0.3 is 10.5 Å². The van der Waals surface area contributed by atoms with E-state index in [1.807, 2.05) is 18.2 Å². The molecule has 112 valence electrons. The monoisotopic (exact) mass is 306 g/mol. The average Bonchev–Trinajstić information content (AvgIpc) is 2.46. The van der Waals surface area contributed by atoms with E-state index in [-0.39, 0.29) is 11.8 Å². The third kappa shape index (κ3) is 4.26. The molecule has 0 bridgehead atoms. The van der Waals surface area contributed by atoms with E-state index in [4.69, 9.17) is 22.7 Å². The lowest BCUT2D eigenvalue weighted by Crippen LogP contribution is -2.41. The molecule has 5 nitrogen and oxygen atoms in total. The number of likely N-dealkylation sites (tertiary alicyclic amines) is 1. The summed E-state index contributed by atoms with van der Waals surface area (Å²) in [5.74, 6) is 0.514. The number of amides is 2. The number of hydrogen-bond acceptors (Lipinski definition) is 4. The number of carbonyl (C=O) groups is 2. The van der Waals surface area contributed by atoms with Crippen LogP contribution in [-0.2, 0) is 9.59 Å². The maximum absolute atomic E-state index is 11.6. The van der Waals surface area contributed by atoms with E-state index in [1.165, 1.54) is 4.90 Å². The quantitative estimate of drug-likeness (QED) is 0.491. The van der Waals surface area contributed by atoms with Crippen LogP contribution in [0.2, 0.25) is 0 Å². The minimum absolute atomic E-state index is 0.0817. The summed E-state index contributed by atoms with van der Waals surface area (Å²) in [7, 11) is 0. The summed E-state index contributed by atoms with van der Waals surface area (Å²) < 4.78 is 5.59. The fourth-order valence-electron chi connectivity index (χ4n) is 2.20. The fraction of sp³-hybridized carbons (Fsp3) is 0.400. The van der Waals surface area contributed by atoms with Crippen LogP contribution in [0.25, 0.3) is 0 Å². The molecule has 0 aliphatic carbocycles. The molecule has 2 N–H and O–H groups in total. The van der Waals surface area contributed by atoms with Crippen molar-refractivity contribution in [2.45, 2.75) is 25.7 Å². The van der Waals surface area contributed by atoms with Crippen molar-refractivity contribution in [1.82, 2.24) is 4.90 Å². The number of hydrogen-bond donors (Lipinski definition) is 1. The van der Waals surface area contributed by atoms with E-state index >= 15 is 0 Å². The molecule has 0 radical (unpaired) electrons. The maximum Gasteiger partial charge on any atom is 0.229 e. The first kappa shape index (κ1) is 15.4. The van der Waals surface area contributed by atoms with Gasteiger partial charge in [0, 0.05) is 24.9 Å². The molecule has 1 heterocycles. The van der Waals surface area contributed by atoms with Gasteiger partial charge in [0.2, 0.25) is 11.8 Å². The van der Waals surface area contributed by atoms with E-state index in [0.717, 1.165) is 5.56 Å². The molecule has 6 heteroatoms. The van der Waals surface area contributed by atoms with Gasteiger partial charge in [-0.3, -0.25) is 14.5 Å². The predicted octanol–water partition coefficient (Wildman–Crippen LogP) is 1.63. The number of rotatable bonds is 6. The Kier molecular flexibility index (Phi) is 5.27. The van der Waals surface area contributed by atoms with E-state index in [1.54, 1.807) is 6.07 Å². The molecule has 1 aromatic rings. The minimum atomic E-state index is -0.0817. The van der Waals surface area contributed by atoms with Crippen LogP contribution in [0.15, 0.2) is 24.3 Å². The Morgan fingerprint density at radius 1 is 1.29 bits per heavy atom. The van der Waals surface area contributed by atoms with Gasteiger partial charge in [-0.15, -0.1) is 0 Å². The molecule has 0 atom stereocenters. The SMILES string of the molecule is NC(=S)c1cccc(OCCCN2C(=O)CCCC2=O)c1. The summed E-state index contributed by atoms with van der Waals surface area (Å²) in [5.41, 5.74) is 6.31. The van der Waals surface area contributed by atoms with Gasteiger partial charge in [-0.25, -0.2) is 0 Å². The summed E-state index contributed by atoms with van der Waals surface area (Å²) in [6, 6.07) is 7.24. The fourth-order valence-corrected chi connectivity index (χ4v) is 2.33. The van der Waals surface area contributed by atoms with Crippen molar-refractivity contribution in [2.75, 3.05) is 13.2 Å². The van der Waals surface area contributed by atoms with Crippen LogP contribution >= 0.6 is 12.2 Å². The van der Waals surface area contributed by atoms with Gasteiger partial charge in [0.05, 0.1) is 6.61 Å². The Morgan fingerprint density at radius 2 is 2.00 bits per heavy atom. The highest BCUT2D eigenvalue weighted by atomic mass is 32.1. The van der Waals surface area contributed by atoms with Gasteiger partial charge >= 0.3 is 0 Å². The summed E-state index contributed by atoms with van der Waals surface area (Å²) in [5, 5.41) is 0. The summed E-state index contributed by atoms with van der Waals surface area (Å²) in [4.78, 5) is 24.9. The molecular weight excluding hydrogens is 288 g/mol. The third-order valence-corrected chi connectivity index (χ3v) is 3.53. The number of nitrogens with two attached hydrogens (primary N) is 1. The maximum atomic E-state index is 11.6. The minimum Gasteiger partial charge on any atom is -0.494 e. The number of benzene rings is 1. The summed E-state index contributed by atoms with van der Waals surface area (Å²) >= 11 is 4.91. The molecule has 21 heavy (non-hydrogen) atoms. The van der Waals surface area contributed by atoms with E-state index in [0.29, 0.717) is 49.6 Å². The lowest BCUT2D eigenvalue weighted by atomic mass is 10.1. The highest BCUT2D eigenvalue weighted by molar-refractivity contribution is 7.80. The Balaban J connectivity index is 1.79. The molecule has 1 fully saturated rings. The number of ether oxygens (including phenoxy) is 1. The molecule has 1 aliphatic rings.